The standard InChI is InChI=1S/C15H17N5OS2.C15H21N5OS2.Cl2OS/c1-8-12-9(22-14(16)18-12)6-10-13(8)19-15(23-10)17-7-11(21)20-4-2-3-5-20;1-10-11(18-14(16)22)5-4-6-12(10)19-15(23)17-9-13(21)20-7-2-3-8-20;1-4(2)3/h6H,2-5,7H2,1H3,(H2,16,18)(H,17,19);4-6H,2-3,7-9H2,1H3,(H3,16,18,22)(H2,17,19,23);. The Kier molecular flexibility index (Phi) is 15.0. The molecular weight excluding hydrogens is 780 g/mol. The highest BCUT2D eigenvalue weighted by molar-refractivity contribution is 8.26. The van der Waals surface area contributed by atoms with E-state index in [4.69, 9.17) is 40.1 Å². The molecule has 4 aromatic rings. The van der Waals surface area contributed by atoms with Crippen molar-refractivity contribution in [3.05, 3.63) is 35.4 Å². The van der Waals surface area contributed by atoms with Crippen molar-refractivity contribution in [2.75, 3.05) is 61.0 Å². The maximum atomic E-state index is 12.1. The molecule has 0 saturated carbocycles. The number of anilines is 4. The van der Waals surface area contributed by atoms with Gasteiger partial charge in [-0.1, -0.05) is 28.7 Å². The van der Waals surface area contributed by atoms with Crippen molar-refractivity contribution < 1.29 is 13.8 Å². The summed E-state index contributed by atoms with van der Waals surface area (Å²) in [6.45, 7) is 7.89. The SMILES string of the molecule is Cc1c(NC(N)=S)cccc1NC(=S)NCC(=O)N1CCCC1.Cc1c2nc(N)sc2cc2sc(NCC(=O)N3CCCC3)nc12.O=S(Cl)Cl. The molecule has 0 unspecified atom stereocenters. The monoisotopic (exact) mass is 816 g/mol. The minimum Gasteiger partial charge on any atom is -0.376 e. The van der Waals surface area contributed by atoms with Crippen LogP contribution < -0.4 is 32.7 Å². The minimum absolute atomic E-state index is 0.0762. The van der Waals surface area contributed by atoms with E-state index in [2.05, 4.69) is 58.7 Å². The number of hydrogen-bond acceptors (Lipinski definition) is 11. The second kappa shape index (κ2) is 18.9. The molecule has 270 valence electrons. The number of likely N-dealkylation sites (tertiary alicyclic amines) is 2. The zero-order chi connectivity index (χ0) is 36.4. The number of nitrogen functional groups attached to an aromatic ring is 1. The Balaban J connectivity index is 0.000000203. The van der Waals surface area contributed by atoms with Crippen molar-refractivity contribution in [1.29, 1.82) is 0 Å². The van der Waals surface area contributed by atoms with Crippen LogP contribution in [-0.4, -0.2) is 85.3 Å². The van der Waals surface area contributed by atoms with Crippen LogP contribution in [0.2, 0.25) is 0 Å². The number of thiocarbonyl (C=S) groups is 2. The van der Waals surface area contributed by atoms with Crippen molar-refractivity contribution in [3.8, 4) is 0 Å². The van der Waals surface area contributed by atoms with Gasteiger partial charge in [0.05, 0.1) is 33.5 Å². The van der Waals surface area contributed by atoms with Crippen LogP contribution in [0, 0.1) is 13.8 Å². The number of fused-ring (bicyclic) bond motifs is 2. The lowest BCUT2D eigenvalue weighted by Gasteiger charge is -2.18. The summed E-state index contributed by atoms with van der Waals surface area (Å²) in [5, 5.41) is 14.1. The third-order valence-electron chi connectivity index (χ3n) is 7.84. The van der Waals surface area contributed by atoms with E-state index in [9.17, 15) is 9.59 Å². The van der Waals surface area contributed by atoms with Crippen LogP contribution in [0.15, 0.2) is 24.3 Å². The van der Waals surface area contributed by atoms with Gasteiger partial charge < -0.3 is 42.5 Å². The number of aromatic nitrogens is 2. The molecule has 0 radical (unpaired) electrons. The number of nitrogens with zero attached hydrogens (tertiary/aromatic N) is 4. The minimum atomic E-state index is -1.67. The van der Waals surface area contributed by atoms with Gasteiger partial charge in [-0.15, -0.1) is 0 Å². The molecule has 0 atom stereocenters. The Bertz CT molecular complexity index is 1870. The fourth-order valence-electron chi connectivity index (χ4n) is 5.39. The molecule has 20 heteroatoms. The Morgan fingerprint density at radius 1 is 0.880 bits per heavy atom. The first-order valence-electron chi connectivity index (χ1n) is 15.5. The number of benzene rings is 2. The number of thiazole rings is 2. The molecule has 2 saturated heterocycles. The van der Waals surface area contributed by atoms with Crippen LogP contribution in [0.1, 0.15) is 36.8 Å². The molecule has 0 aliphatic carbocycles. The molecule has 50 heavy (non-hydrogen) atoms. The molecule has 2 aromatic heterocycles. The van der Waals surface area contributed by atoms with Gasteiger partial charge in [0, 0.05) is 64.5 Å². The molecule has 4 heterocycles. The van der Waals surface area contributed by atoms with Crippen molar-refractivity contribution in [2.24, 2.45) is 5.73 Å². The highest BCUT2D eigenvalue weighted by Gasteiger charge is 2.19. The summed E-state index contributed by atoms with van der Waals surface area (Å²) >= 11 is 13.2. The summed E-state index contributed by atoms with van der Waals surface area (Å²) in [7, 11) is 7.36. The first-order chi connectivity index (χ1) is 23.8. The first-order valence-corrected chi connectivity index (χ1v) is 20.8. The van der Waals surface area contributed by atoms with E-state index >= 15 is 0 Å². The van der Waals surface area contributed by atoms with Crippen molar-refractivity contribution in [3.63, 3.8) is 0 Å². The summed E-state index contributed by atoms with van der Waals surface area (Å²) in [5.74, 6) is 0.223. The Labute approximate surface area is 320 Å². The van der Waals surface area contributed by atoms with Gasteiger partial charge >= 0.3 is 0 Å². The van der Waals surface area contributed by atoms with Crippen LogP contribution in [0.25, 0.3) is 20.4 Å². The highest BCUT2D eigenvalue weighted by Crippen LogP contribution is 2.36. The fourth-order valence-corrected chi connectivity index (χ4v) is 7.55. The summed E-state index contributed by atoms with van der Waals surface area (Å²) in [5.41, 5.74) is 16.8. The predicted octanol–water partition coefficient (Wildman–Crippen LogP) is 5.43. The number of nitrogens with two attached hydrogens (primary N) is 2. The summed E-state index contributed by atoms with van der Waals surface area (Å²) < 4.78 is 11.3. The number of carbonyl (C=O) groups excluding carboxylic acids is 2. The topological polar surface area (TPSA) is 184 Å². The normalized spacial score (nSPS) is 13.8. The van der Waals surface area contributed by atoms with Crippen LogP contribution in [0.5, 0.6) is 0 Å². The molecule has 2 amide bonds. The van der Waals surface area contributed by atoms with Gasteiger partial charge in [-0.3, -0.25) is 9.59 Å². The second-order valence-electron chi connectivity index (χ2n) is 11.3. The maximum absolute atomic E-state index is 12.1. The third-order valence-corrected chi connectivity index (χ3v) is 9.98. The van der Waals surface area contributed by atoms with Crippen LogP contribution in [0.4, 0.5) is 21.6 Å². The van der Waals surface area contributed by atoms with Gasteiger partial charge in [0.15, 0.2) is 20.5 Å². The zero-order valence-electron chi connectivity index (χ0n) is 27.3. The molecule has 2 fully saturated rings. The number of rotatable bonds is 7. The van der Waals surface area contributed by atoms with Crippen LogP contribution in [0.3, 0.4) is 0 Å². The van der Waals surface area contributed by atoms with E-state index in [1.807, 2.05) is 41.8 Å². The predicted molar refractivity (Wildman–Crippen MR) is 218 cm³/mol. The Hall–Kier alpha value is -3.13. The lowest BCUT2D eigenvalue weighted by molar-refractivity contribution is -0.129. The number of hydrogen-bond donors (Lipinski definition) is 6. The largest absolute Gasteiger partial charge is 0.376 e. The molecule has 2 aliphatic heterocycles. The number of nitrogens with one attached hydrogen (secondary N) is 4. The number of aryl methyl sites for hydroxylation is 1. The van der Waals surface area contributed by atoms with Gasteiger partial charge in [-0.25, -0.2) is 14.2 Å². The Morgan fingerprint density at radius 3 is 1.98 bits per heavy atom. The van der Waals surface area contributed by atoms with Crippen LogP contribution in [-0.2, 0) is 18.8 Å². The first kappa shape index (κ1) is 39.7. The summed E-state index contributed by atoms with van der Waals surface area (Å²) in [6.07, 6.45) is 4.38. The number of halogens is 2. The maximum Gasteiger partial charge on any atom is 0.241 e. The summed E-state index contributed by atoms with van der Waals surface area (Å²) in [6, 6.07) is 7.73. The van der Waals surface area contributed by atoms with Crippen molar-refractivity contribution in [2.45, 2.75) is 39.5 Å². The summed E-state index contributed by atoms with van der Waals surface area (Å²) in [4.78, 5) is 36.9. The molecule has 6 rings (SSSR count). The number of carbonyl (C=O) groups is 2. The average molecular weight is 818 g/mol. The second-order valence-corrected chi connectivity index (χ2v) is 16.7. The van der Waals surface area contributed by atoms with Gasteiger partial charge in [0.1, 0.15) is 0 Å². The molecule has 2 aliphatic rings. The lowest BCUT2D eigenvalue weighted by Crippen LogP contribution is -2.40. The molecule has 13 nitrogen and oxygen atoms in total. The molecule has 8 N–H and O–H groups in total. The molecule has 2 aromatic carbocycles. The third kappa shape index (κ3) is 11.4. The smallest absolute Gasteiger partial charge is 0.241 e. The van der Waals surface area contributed by atoms with Crippen molar-refractivity contribution in [1.82, 2.24) is 25.1 Å². The van der Waals surface area contributed by atoms with E-state index in [0.29, 0.717) is 16.8 Å². The highest BCUT2D eigenvalue weighted by atomic mass is 36.0. The van der Waals surface area contributed by atoms with E-state index < -0.39 is 9.23 Å². The zero-order valence-corrected chi connectivity index (χ0v) is 32.9. The Morgan fingerprint density at radius 2 is 1.40 bits per heavy atom. The van der Waals surface area contributed by atoms with E-state index in [1.54, 1.807) is 11.3 Å². The number of amides is 2. The van der Waals surface area contributed by atoms with E-state index in [0.717, 1.165) is 99.9 Å². The molecule has 0 spiro atoms. The lowest BCUT2D eigenvalue weighted by atomic mass is 10.1. The quantitative estimate of drug-likeness (QED) is 0.103. The van der Waals surface area contributed by atoms with Gasteiger partial charge in [-0.2, -0.15) is 0 Å². The molecular formula is C30H38Cl2N10O3S5. The van der Waals surface area contributed by atoms with Gasteiger partial charge in [0.2, 0.25) is 21.0 Å². The average Bonchev–Trinajstić information content (AvgIpc) is 3.88. The van der Waals surface area contributed by atoms with Gasteiger partial charge in [0.25, 0.3) is 0 Å². The fraction of sp³-hybridized carbons (Fsp3) is 0.400. The van der Waals surface area contributed by atoms with E-state index in [-0.39, 0.29) is 23.5 Å². The van der Waals surface area contributed by atoms with Crippen LogP contribution >= 0.6 is 68.5 Å². The van der Waals surface area contributed by atoms with Crippen molar-refractivity contribution >= 4 is 142 Å². The van der Waals surface area contributed by atoms with Gasteiger partial charge in [-0.05, 0) is 87.7 Å². The molecule has 0 bridgehead atoms. The van der Waals surface area contributed by atoms with E-state index in [1.165, 1.54) is 11.3 Å².